The molecule has 1 saturated heterocycles. The van der Waals surface area contributed by atoms with Crippen LogP contribution in [-0.4, -0.2) is 38.5 Å². The third kappa shape index (κ3) is 5.01. The van der Waals surface area contributed by atoms with E-state index < -0.39 is 0 Å². The highest BCUT2D eigenvalue weighted by atomic mass is 16.5. The first-order valence-corrected chi connectivity index (χ1v) is 8.76. The maximum Gasteiger partial charge on any atom is 0.0730 e. The number of ether oxygens (including phenoxy) is 2. The van der Waals surface area contributed by atoms with E-state index in [2.05, 4.69) is 19.2 Å². The molecule has 0 bridgehead atoms. The van der Waals surface area contributed by atoms with Crippen molar-refractivity contribution in [2.24, 2.45) is 11.8 Å². The zero-order valence-electron chi connectivity index (χ0n) is 13.4. The lowest BCUT2D eigenvalue weighted by Gasteiger charge is -2.37. The van der Waals surface area contributed by atoms with Gasteiger partial charge in [-0.2, -0.15) is 0 Å². The Morgan fingerprint density at radius 3 is 2.70 bits per heavy atom. The molecule has 0 radical (unpaired) electrons. The molecule has 0 amide bonds. The molecule has 0 spiro atoms. The number of hydrogen-bond acceptors (Lipinski definition) is 3. The van der Waals surface area contributed by atoms with Crippen LogP contribution in [0.25, 0.3) is 0 Å². The van der Waals surface area contributed by atoms with E-state index in [1.165, 1.54) is 44.9 Å². The van der Waals surface area contributed by atoms with Crippen LogP contribution in [0.15, 0.2) is 0 Å². The molecule has 20 heavy (non-hydrogen) atoms. The fourth-order valence-corrected chi connectivity index (χ4v) is 3.60. The van der Waals surface area contributed by atoms with Gasteiger partial charge in [-0.25, -0.2) is 0 Å². The van der Waals surface area contributed by atoms with E-state index in [4.69, 9.17) is 9.47 Å². The second-order valence-electron chi connectivity index (χ2n) is 6.63. The SMILES string of the molecule is CCCNC1CCC(CCC)CC1OCC1CCOC1. The summed E-state index contributed by atoms with van der Waals surface area (Å²) in [5.41, 5.74) is 0. The molecule has 0 aromatic heterocycles. The van der Waals surface area contributed by atoms with Crippen molar-refractivity contribution >= 4 is 0 Å². The fraction of sp³-hybridized carbons (Fsp3) is 1.00. The van der Waals surface area contributed by atoms with Gasteiger partial charge in [0, 0.05) is 18.6 Å². The molecule has 2 rings (SSSR count). The predicted octanol–water partition coefficient (Wildman–Crippen LogP) is 3.38. The molecular formula is C17H33NO2. The zero-order chi connectivity index (χ0) is 14.2. The van der Waals surface area contributed by atoms with Gasteiger partial charge >= 0.3 is 0 Å². The monoisotopic (exact) mass is 283 g/mol. The lowest BCUT2D eigenvalue weighted by Crippen LogP contribution is -2.46. The van der Waals surface area contributed by atoms with Crippen LogP contribution >= 0.6 is 0 Å². The van der Waals surface area contributed by atoms with Gasteiger partial charge in [0.05, 0.1) is 19.3 Å². The minimum atomic E-state index is 0.424. The largest absolute Gasteiger partial charge is 0.381 e. The quantitative estimate of drug-likeness (QED) is 0.741. The zero-order valence-corrected chi connectivity index (χ0v) is 13.4. The van der Waals surface area contributed by atoms with Crippen molar-refractivity contribution in [2.45, 2.75) is 70.9 Å². The van der Waals surface area contributed by atoms with E-state index in [1.807, 2.05) is 0 Å². The normalized spacial score (nSPS) is 34.5. The van der Waals surface area contributed by atoms with Crippen LogP contribution in [0.4, 0.5) is 0 Å². The lowest BCUT2D eigenvalue weighted by atomic mass is 9.81. The van der Waals surface area contributed by atoms with Gasteiger partial charge in [-0.05, 0) is 44.6 Å². The Balaban J connectivity index is 1.79. The minimum Gasteiger partial charge on any atom is -0.381 e. The first kappa shape index (κ1) is 16.3. The van der Waals surface area contributed by atoms with Crippen LogP contribution in [-0.2, 0) is 9.47 Å². The highest BCUT2D eigenvalue weighted by Crippen LogP contribution is 2.30. The molecule has 0 aromatic rings. The summed E-state index contributed by atoms with van der Waals surface area (Å²) >= 11 is 0. The first-order valence-electron chi connectivity index (χ1n) is 8.76. The van der Waals surface area contributed by atoms with E-state index in [9.17, 15) is 0 Å². The van der Waals surface area contributed by atoms with Gasteiger partial charge < -0.3 is 14.8 Å². The van der Waals surface area contributed by atoms with E-state index in [0.717, 1.165) is 32.3 Å². The van der Waals surface area contributed by atoms with Gasteiger partial charge in [0.25, 0.3) is 0 Å². The Morgan fingerprint density at radius 2 is 2.00 bits per heavy atom. The molecule has 0 aromatic carbocycles. The average Bonchev–Trinajstić information content (AvgIpc) is 2.97. The smallest absolute Gasteiger partial charge is 0.0730 e. The molecule has 2 aliphatic rings. The molecule has 4 atom stereocenters. The molecule has 2 fully saturated rings. The number of hydrogen-bond donors (Lipinski definition) is 1. The molecule has 1 aliphatic heterocycles. The molecule has 1 saturated carbocycles. The van der Waals surface area contributed by atoms with Crippen LogP contribution in [0.5, 0.6) is 0 Å². The Morgan fingerprint density at radius 1 is 1.10 bits per heavy atom. The van der Waals surface area contributed by atoms with Gasteiger partial charge in [-0.15, -0.1) is 0 Å². The summed E-state index contributed by atoms with van der Waals surface area (Å²) in [7, 11) is 0. The molecule has 3 nitrogen and oxygen atoms in total. The molecule has 4 unspecified atom stereocenters. The van der Waals surface area contributed by atoms with Crippen LogP contribution in [0.1, 0.15) is 58.8 Å². The van der Waals surface area contributed by atoms with E-state index >= 15 is 0 Å². The summed E-state index contributed by atoms with van der Waals surface area (Å²) in [5, 5.41) is 3.70. The van der Waals surface area contributed by atoms with E-state index in [-0.39, 0.29) is 0 Å². The fourth-order valence-electron chi connectivity index (χ4n) is 3.60. The Bertz CT molecular complexity index is 253. The molecule has 1 heterocycles. The lowest BCUT2D eigenvalue weighted by molar-refractivity contribution is -0.0273. The highest BCUT2D eigenvalue weighted by Gasteiger charge is 2.31. The van der Waals surface area contributed by atoms with Crippen LogP contribution in [0.2, 0.25) is 0 Å². The second kappa shape index (κ2) is 9.01. The summed E-state index contributed by atoms with van der Waals surface area (Å²) in [6, 6.07) is 0.574. The summed E-state index contributed by atoms with van der Waals surface area (Å²) in [4.78, 5) is 0. The molecular weight excluding hydrogens is 250 g/mol. The van der Waals surface area contributed by atoms with Gasteiger partial charge in [0.15, 0.2) is 0 Å². The summed E-state index contributed by atoms with van der Waals surface area (Å²) in [6.45, 7) is 8.38. The standard InChI is InChI=1S/C17H33NO2/c1-3-5-14-6-7-16(18-9-4-2)17(11-14)20-13-15-8-10-19-12-15/h14-18H,3-13H2,1-2H3. The number of rotatable bonds is 8. The van der Waals surface area contributed by atoms with Crippen molar-refractivity contribution in [1.82, 2.24) is 5.32 Å². The average molecular weight is 283 g/mol. The van der Waals surface area contributed by atoms with Gasteiger partial charge in [0.2, 0.25) is 0 Å². The van der Waals surface area contributed by atoms with Gasteiger partial charge in [-0.3, -0.25) is 0 Å². The third-order valence-corrected chi connectivity index (χ3v) is 4.82. The topological polar surface area (TPSA) is 30.5 Å². The first-order chi connectivity index (χ1) is 9.83. The van der Waals surface area contributed by atoms with Crippen molar-refractivity contribution in [3.63, 3.8) is 0 Å². The number of nitrogens with one attached hydrogen (secondary N) is 1. The van der Waals surface area contributed by atoms with Crippen molar-refractivity contribution in [1.29, 1.82) is 0 Å². The maximum atomic E-state index is 6.31. The second-order valence-corrected chi connectivity index (χ2v) is 6.63. The van der Waals surface area contributed by atoms with Crippen molar-refractivity contribution in [3.05, 3.63) is 0 Å². The van der Waals surface area contributed by atoms with Crippen molar-refractivity contribution in [2.75, 3.05) is 26.4 Å². The molecule has 3 heteroatoms. The van der Waals surface area contributed by atoms with Crippen LogP contribution < -0.4 is 5.32 Å². The van der Waals surface area contributed by atoms with Crippen LogP contribution in [0.3, 0.4) is 0 Å². The summed E-state index contributed by atoms with van der Waals surface area (Å²) in [6.07, 6.45) is 9.40. The predicted molar refractivity (Wildman–Crippen MR) is 83.0 cm³/mol. The Hall–Kier alpha value is -0.120. The molecule has 1 aliphatic carbocycles. The van der Waals surface area contributed by atoms with Gasteiger partial charge in [-0.1, -0.05) is 26.7 Å². The van der Waals surface area contributed by atoms with Gasteiger partial charge in [0.1, 0.15) is 0 Å². The summed E-state index contributed by atoms with van der Waals surface area (Å²) in [5.74, 6) is 1.51. The Labute approximate surface area is 124 Å². The summed E-state index contributed by atoms with van der Waals surface area (Å²) < 4.78 is 11.8. The van der Waals surface area contributed by atoms with Crippen molar-refractivity contribution in [3.8, 4) is 0 Å². The van der Waals surface area contributed by atoms with Crippen LogP contribution in [0, 0.1) is 11.8 Å². The minimum absolute atomic E-state index is 0.424. The van der Waals surface area contributed by atoms with E-state index in [1.54, 1.807) is 0 Å². The molecule has 118 valence electrons. The third-order valence-electron chi connectivity index (χ3n) is 4.82. The highest BCUT2D eigenvalue weighted by molar-refractivity contribution is 4.86. The van der Waals surface area contributed by atoms with E-state index in [0.29, 0.717) is 18.1 Å². The molecule has 1 N–H and O–H groups in total. The Kier molecular flexibility index (Phi) is 7.32. The maximum absolute atomic E-state index is 6.31. The van der Waals surface area contributed by atoms with Crippen molar-refractivity contribution < 1.29 is 9.47 Å².